The topological polar surface area (TPSA) is 20.3 Å². The Morgan fingerprint density at radius 2 is 2.24 bits per heavy atom. The summed E-state index contributed by atoms with van der Waals surface area (Å²) < 4.78 is 0. The summed E-state index contributed by atoms with van der Waals surface area (Å²) in [6.07, 6.45) is 2.64. The van der Waals surface area contributed by atoms with Gasteiger partial charge < -0.3 is 0 Å². The maximum atomic E-state index is 12.1. The standard InChI is InChI=1S/C14H18ClNO/c1-2-16(9-11-6-7-11)10-14(17)12-4-3-5-13(15)8-12/h3-5,8,11H,2,6-7,9-10H2,1H3. The van der Waals surface area contributed by atoms with Crippen molar-refractivity contribution in [1.29, 1.82) is 0 Å². The van der Waals surface area contributed by atoms with Gasteiger partial charge in [-0.3, -0.25) is 9.69 Å². The van der Waals surface area contributed by atoms with E-state index in [0.29, 0.717) is 17.1 Å². The molecule has 0 bridgehead atoms. The van der Waals surface area contributed by atoms with Crippen LogP contribution in [-0.4, -0.2) is 30.3 Å². The molecule has 1 saturated carbocycles. The van der Waals surface area contributed by atoms with Crippen molar-refractivity contribution >= 4 is 17.4 Å². The van der Waals surface area contributed by atoms with Gasteiger partial charge in [-0.1, -0.05) is 30.7 Å². The maximum absolute atomic E-state index is 12.1. The molecule has 3 heteroatoms. The van der Waals surface area contributed by atoms with Crippen LogP contribution in [0.25, 0.3) is 0 Å². The van der Waals surface area contributed by atoms with Gasteiger partial charge >= 0.3 is 0 Å². The van der Waals surface area contributed by atoms with Crippen LogP contribution in [0, 0.1) is 5.92 Å². The molecule has 0 spiro atoms. The van der Waals surface area contributed by atoms with Gasteiger partial charge in [-0.05, 0) is 37.4 Å². The van der Waals surface area contributed by atoms with Crippen molar-refractivity contribution in [3.8, 4) is 0 Å². The lowest BCUT2D eigenvalue weighted by Crippen LogP contribution is -2.31. The average molecular weight is 252 g/mol. The zero-order valence-electron chi connectivity index (χ0n) is 10.2. The molecule has 0 unspecified atom stereocenters. The zero-order valence-corrected chi connectivity index (χ0v) is 10.9. The molecule has 1 aromatic rings. The summed E-state index contributed by atoms with van der Waals surface area (Å²) in [5.41, 5.74) is 0.715. The van der Waals surface area contributed by atoms with E-state index in [1.54, 1.807) is 12.1 Å². The normalized spacial score (nSPS) is 15.2. The molecule has 0 aromatic heterocycles. The lowest BCUT2D eigenvalue weighted by Gasteiger charge is -2.19. The van der Waals surface area contributed by atoms with E-state index in [4.69, 9.17) is 11.6 Å². The lowest BCUT2D eigenvalue weighted by atomic mass is 10.1. The van der Waals surface area contributed by atoms with Crippen LogP contribution >= 0.6 is 11.6 Å². The highest BCUT2D eigenvalue weighted by atomic mass is 35.5. The monoisotopic (exact) mass is 251 g/mol. The predicted molar refractivity (Wildman–Crippen MR) is 70.6 cm³/mol. The zero-order chi connectivity index (χ0) is 12.3. The van der Waals surface area contributed by atoms with Crippen LogP contribution in [0.1, 0.15) is 30.1 Å². The average Bonchev–Trinajstić information content (AvgIpc) is 3.12. The van der Waals surface area contributed by atoms with Crippen LogP contribution in [0.15, 0.2) is 24.3 Å². The highest BCUT2D eigenvalue weighted by molar-refractivity contribution is 6.31. The second-order valence-electron chi connectivity index (χ2n) is 4.70. The molecular formula is C14H18ClNO. The Balaban J connectivity index is 1.94. The number of benzene rings is 1. The van der Waals surface area contributed by atoms with Crippen LogP contribution in [0.4, 0.5) is 0 Å². The highest BCUT2D eigenvalue weighted by Crippen LogP contribution is 2.29. The van der Waals surface area contributed by atoms with Crippen molar-refractivity contribution in [3.63, 3.8) is 0 Å². The van der Waals surface area contributed by atoms with Crippen molar-refractivity contribution in [2.24, 2.45) is 5.92 Å². The number of carbonyl (C=O) groups is 1. The van der Waals surface area contributed by atoms with E-state index in [2.05, 4.69) is 11.8 Å². The van der Waals surface area contributed by atoms with Gasteiger partial charge in [0.05, 0.1) is 6.54 Å². The van der Waals surface area contributed by atoms with Gasteiger partial charge in [-0.25, -0.2) is 0 Å². The van der Waals surface area contributed by atoms with Gasteiger partial charge in [0.25, 0.3) is 0 Å². The Bertz CT molecular complexity index is 401. The largest absolute Gasteiger partial charge is 0.296 e. The Hall–Kier alpha value is -0.860. The molecule has 1 fully saturated rings. The molecule has 0 aliphatic heterocycles. The summed E-state index contributed by atoms with van der Waals surface area (Å²) in [5, 5.41) is 0.626. The van der Waals surface area contributed by atoms with Crippen LogP contribution in [0.2, 0.25) is 5.02 Å². The molecule has 0 atom stereocenters. The Morgan fingerprint density at radius 3 is 2.82 bits per heavy atom. The first kappa shape index (κ1) is 12.6. The van der Waals surface area contributed by atoms with Crippen molar-refractivity contribution in [3.05, 3.63) is 34.9 Å². The maximum Gasteiger partial charge on any atom is 0.176 e. The van der Waals surface area contributed by atoms with E-state index < -0.39 is 0 Å². The Morgan fingerprint density at radius 1 is 1.47 bits per heavy atom. The van der Waals surface area contributed by atoms with Crippen molar-refractivity contribution in [2.75, 3.05) is 19.6 Å². The van der Waals surface area contributed by atoms with Crippen LogP contribution in [0.3, 0.4) is 0 Å². The first-order valence-electron chi connectivity index (χ1n) is 6.20. The van der Waals surface area contributed by atoms with Crippen molar-refractivity contribution in [1.82, 2.24) is 4.90 Å². The number of hydrogen-bond donors (Lipinski definition) is 0. The van der Waals surface area contributed by atoms with Crippen LogP contribution in [-0.2, 0) is 0 Å². The fourth-order valence-electron chi connectivity index (χ4n) is 1.93. The first-order chi connectivity index (χ1) is 8.19. The van der Waals surface area contributed by atoms with Gasteiger partial charge in [0.15, 0.2) is 5.78 Å². The first-order valence-corrected chi connectivity index (χ1v) is 6.58. The third-order valence-corrected chi connectivity index (χ3v) is 3.41. The van der Waals surface area contributed by atoms with Gasteiger partial charge in [-0.15, -0.1) is 0 Å². The molecule has 1 aromatic carbocycles. The third-order valence-electron chi connectivity index (χ3n) is 3.17. The lowest BCUT2D eigenvalue weighted by molar-refractivity contribution is 0.0931. The molecular weight excluding hydrogens is 234 g/mol. The number of halogens is 1. The molecule has 2 nitrogen and oxygen atoms in total. The molecule has 17 heavy (non-hydrogen) atoms. The number of nitrogens with zero attached hydrogens (tertiary/aromatic N) is 1. The highest BCUT2D eigenvalue weighted by Gasteiger charge is 2.24. The summed E-state index contributed by atoms with van der Waals surface area (Å²) in [6.45, 7) is 4.60. The molecule has 0 saturated heterocycles. The fourth-order valence-corrected chi connectivity index (χ4v) is 2.12. The van der Waals surface area contributed by atoms with Gasteiger partial charge in [0.1, 0.15) is 0 Å². The number of ketones is 1. The minimum absolute atomic E-state index is 0.162. The summed E-state index contributed by atoms with van der Waals surface area (Å²) in [5.74, 6) is 0.983. The van der Waals surface area contributed by atoms with E-state index in [1.807, 2.05) is 12.1 Å². The quantitative estimate of drug-likeness (QED) is 0.724. The van der Waals surface area contributed by atoms with Crippen molar-refractivity contribution < 1.29 is 4.79 Å². The van der Waals surface area contributed by atoms with E-state index in [1.165, 1.54) is 12.8 Å². The Labute approximate surface area is 108 Å². The van der Waals surface area contributed by atoms with E-state index in [9.17, 15) is 4.79 Å². The molecule has 0 N–H and O–H groups in total. The van der Waals surface area contributed by atoms with Crippen LogP contribution < -0.4 is 0 Å². The second kappa shape index (κ2) is 5.65. The van der Waals surface area contributed by atoms with Crippen molar-refractivity contribution in [2.45, 2.75) is 19.8 Å². The molecule has 0 heterocycles. The van der Waals surface area contributed by atoms with Gasteiger partial charge in [-0.2, -0.15) is 0 Å². The van der Waals surface area contributed by atoms with E-state index >= 15 is 0 Å². The second-order valence-corrected chi connectivity index (χ2v) is 5.14. The summed E-state index contributed by atoms with van der Waals surface area (Å²) in [6, 6.07) is 7.20. The molecule has 1 aliphatic rings. The number of hydrogen-bond acceptors (Lipinski definition) is 2. The minimum Gasteiger partial charge on any atom is -0.296 e. The number of Topliss-reactive ketones (excluding diaryl/α,β-unsaturated/α-hetero) is 1. The van der Waals surface area contributed by atoms with Gasteiger partial charge in [0.2, 0.25) is 0 Å². The summed E-state index contributed by atoms with van der Waals surface area (Å²) >= 11 is 5.89. The fraction of sp³-hybridized carbons (Fsp3) is 0.500. The summed E-state index contributed by atoms with van der Waals surface area (Å²) in [7, 11) is 0. The van der Waals surface area contributed by atoms with Gasteiger partial charge in [0, 0.05) is 17.1 Å². The molecule has 1 aliphatic carbocycles. The number of carbonyl (C=O) groups excluding carboxylic acids is 1. The Kier molecular flexibility index (Phi) is 4.19. The minimum atomic E-state index is 0.162. The smallest absolute Gasteiger partial charge is 0.176 e. The van der Waals surface area contributed by atoms with Crippen LogP contribution in [0.5, 0.6) is 0 Å². The molecule has 92 valence electrons. The summed E-state index contributed by atoms with van der Waals surface area (Å²) in [4.78, 5) is 14.3. The van der Waals surface area contributed by atoms with E-state index in [0.717, 1.165) is 19.0 Å². The molecule has 0 radical (unpaired) electrons. The third kappa shape index (κ3) is 3.83. The van der Waals surface area contributed by atoms with E-state index in [-0.39, 0.29) is 5.78 Å². The number of likely N-dealkylation sites (N-methyl/N-ethyl adjacent to an activating group) is 1. The molecule has 0 amide bonds. The molecule has 2 rings (SSSR count). The predicted octanol–water partition coefficient (Wildman–Crippen LogP) is 3.25. The number of rotatable bonds is 6. The SMILES string of the molecule is CCN(CC(=O)c1cccc(Cl)c1)CC1CC1.